The molecule has 19 heavy (non-hydrogen) atoms. The van der Waals surface area contributed by atoms with E-state index >= 15 is 0 Å². The highest BCUT2D eigenvalue weighted by Gasteiger charge is 2.14. The molecule has 0 saturated carbocycles. The normalized spacial score (nSPS) is 9.89. The first kappa shape index (κ1) is 13.3. The van der Waals surface area contributed by atoms with Crippen LogP contribution in [-0.4, -0.2) is 4.92 Å². The minimum absolute atomic E-state index is 0.0940. The third-order valence-corrected chi connectivity index (χ3v) is 3.52. The summed E-state index contributed by atoms with van der Waals surface area (Å²) in [5, 5.41) is 11.0. The summed E-state index contributed by atoms with van der Waals surface area (Å²) in [6, 6.07) is 12.3. The van der Waals surface area contributed by atoms with Crippen LogP contribution in [-0.2, 0) is 6.42 Å². The second kappa shape index (κ2) is 5.68. The summed E-state index contributed by atoms with van der Waals surface area (Å²) in [4.78, 5) is 10.7. The SMILES string of the molecule is C#CCc1cc(-c2ccccc2[N+](=O)[O-])ccc1Br. The lowest BCUT2D eigenvalue weighted by molar-refractivity contribution is -0.384. The first-order valence-corrected chi connectivity index (χ1v) is 6.38. The van der Waals surface area contributed by atoms with Crippen LogP contribution in [0.3, 0.4) is 0 Å². The van der Waals surface area contributed by atoms with Gasteiger partial charge in [0.15, 0.2) is 0 Å². The topological polar surface area (TPSA) is 43.1 Å². The van der Waals surface area contributed by atoms with Crippen LogP contribution in [0.1, 0.15) is 5.56 Å². The fraction of sp³-hybridized carbons (Fsp3) is 0.0667. The third kappa shape index (κ3) is 2.83. The zero-order valence-electron chi connectivity index (χ0n) is 9.97. The number of hydrogen-bond acceptors (Lipinski definition) is 2. The first-order valence-electron chi connectivity index (χ1n) is 5.59. The highest BCUT2D eigenvalue weighted by atomic mass is 79.9. The van der Waals surface area contributed by atoms with Crippen LogP contribution in [0, 0.1) is 22.5 Å². The van der Waals surface area contributed by atoms with Crippen molar-refractivity contribution >= 4 is 21.6 Å². The molecule has 0 radical (unpaired) electrons. The summed E-state index contributed by atoms with van der Waals surface area (Å²) >= 11 is 3.42. The fourth-order valence-corrected chi connectivity index (χ4v) is 2.25. The minimum Gasteiger partial charge on any atom is -0.258 e. The highest BCUT2D eigenvalue weighted by Crippen LogP contribution is 2.32. The third-order valence-electron chi connectivity index (χ3n) is 2.75. The zero-order valence-corrected chi connectivity index (χ0v) is 11.6. The maximum absolute atomic E-state index is 11.0. The number of nitro groups is 1. The van der Waals surface area contributed by atoms with Gasteiger partial charge in [-0.2, -0.15) is 0 Å². The van der Waals surface area contributed by atoms with Gasteiger partial charge in [0, 0.05) is 17.0 Å². The number of nitrogens with zero attached hydrogens (tertiary/aromatic N) is 1. The average molecular weight is 316 g/mol. The summed E-state index contributed by atoms with van der Waals surface area (Å²) in [6.45, 7) is 0. The molecule has 0 heterocycles. The van der Waals surface area contributed by atoms with Crippen molar-refractivity contribution in [2.45, 2.75) is 6.42 Å². The minimum atomic E-state index is -0.377. The Morgan fingerprint density at radius 1 is 1.26 bits per heavy atom. The number of rotatable bonds is 3. The highest BCUT2D eigenvalue weighted by molar-refractivity contribution is 9.10. The van der Waals surface area contributed by atoms with Gasteiger partial charge in [0.25, 0.3) is 5.69 Å². The lowest BCUT2D eigenvalue weighted by Crippen LogP contribution is -1.92. The second-order valence-corrected chi connectivity index (χ2v) is 4.82. The molecule has 2 rings (SSSR count). The van der Waals surface area contributed by atoms with Gasteiger partial charge >= 0.3 is 0 Å². The van der Waals surface area contributed by atoms with Crippen molar-refractivity contribution in [3.8, 4) is 23.5 Å². The Bertz CT molecular complexity index is 674. The summed E-state index contributed by atoms with van der Waals surface area (Å²) in [5.41, 5.74) is 2.42. The maximum Gasteiger partial charge on any atom is 0.277 e. The second-order valence-electron chi connectivity index (χ2n) is 3.96. The number of hydrogen-bond donors (Lipinski definition) is 0. The van der Waals surface area contributed by atoms with Crippen molar-refractivity contribution < 1.29 is 4.92 Å². The predicted octanol–water partition coefficient (Wildman–Crippen LogP) is 4.20. The number of benzene rings is 2. The number of para-hydroxylation sites is 1. The van der Waals surface area contributed by atoms with E-state index in [1.807, 2.05) is 18.2 Å². The molecule has 0 unspecified atom stereocenters. The van der Waals surface area contributed by atoms with Crippen LogP contribution in [0.15, 0.2) is 46.9 Å². The maximum atomic E-state index is 11.0. The fourth-order valence-electron chi connectivity index (χ4n) is 1.86. The molecular weight excluding hydrogens is 306 g/mol. The Balaban J connectivity index is 2.57. The molecule has 0 aliphatic rings. The van der Waals surface area contributed by atoms with E-state index < -0.39 is 0 Å². The molecule has 4 heteroatoms. The van der Waals surface area contributed by atoms with E-state index in [-0.39, 0.29) is 10.6 Å². The van der Waals surface area contributed by atoms with Crippen LogP contribution in [0.4, 0.5) is 5.69 Å². The van der Waals surface area contributed by atoms with E-state index in [0.717, 1.165) is 15.6 Å². The molecule has 0 fully saturated rings. The lowest BCUT2D eigenvalue weighted by atomic mass is 10.0. The summed E-state index contributed by atoms with van der Waals surface area (Å²) < 4.78 is 0.910. The Kier molecular flexibility index (Phi) is 3.98. The Morgan fingerprint density at radius 2 is 2.00 bits per heavy atom. The van der Waals surface area contributed by atoms with Gasteiger partial charge in [0.05, 0.1) is 10.5 Å². The van der Waals surface area contributed by atoms with Crippen molar-refractivity contribution in [1.82, 2.24) is 0 Å². The van der Waals surface area contributed by atoms with Gasteiger partial charge in [0.1, 0.15) is 0 Å². The smallest absolute Gasteiger partial charge is 0.258 e. The van der Waals surface area contributed by atoms with Gasteiger partial charge in [-0.15, -0.1) is 12.3 Å². The lowest BCUT2D eigenvalue weighted by Gasteiger charge is -2.06. The summed E-state index contributed by atoms with van der Waals surface area (Å²) in [6.07, 6.45) is 5.80. The Hall–Kier alpha value is -2.12. The van der Waals surface area contributed by atoms with E-state index in [9.17, 15) is 10.1 Å². The van der Waals surface area contributed by atoms with Crippen LogP contribution in [0.25, 0.3) is 11.1 Å². The number of terminal acetylenes is 1. The zero-order chi connectivity index (χ0) is 13.8. The van der Waals surface area contributed by atoms with Gasteiger partial charge in [0.2, 0.25) is 0 Å². The summed E-state index contributed by atoms with van der Waals surface area (Å²) in [5.74, 6) is 2.58. The predicted molar refractivity (Wildman–Crippen MR) is 78.8 cm³/mol. The average Bonchev–Trinajstić information content (AvgIpc) is 2.41. The molecule has 94 valence electrons. The van der Waals surface area contributed by atoms with Gasteiger partial charge in [-0.1, -0.05) is 34.1 Å². The molecule has 0 spiro atoms. The van der Waals surface area contributed by atoms with Crippen LogP contribution in [0.5, 0.6) is 0 Å². The Labute approximate surface area is 119 Å². The quantitative estimate of drug-likeness (QED) is 0.484. The molecule has 0 atom stereocenters. The van der Waals surface area contributed by atoms with Gasteiger partial charge in [-0.05, 0) is 29.3 Å². The van der Waals surface area contributed by atoms with Crippen LogP contribution >= 0.6 is 15.9 Å². The molecule has 0 amide bonds. The molecule has 2 aromatic carbocycles. The van der Waals surface area contributed by atoms with E-state index in [2.05, 4.69) is 21.9 Å². The van der Waals surface area contributed by atoms with Crippen LogP contribution < -0.4 is 0 Å². The van der Waals surface area contributed by atoms with Crippen molar-refractivity contribution in [3.05, 3.63) is 62.6 Å². The van der Waals surface area contributed by atoms with Gasteiger partial charge in [-0.25, -0.2) is 0 Å². The number of nitro benzene ring substituents is 1. The van der Waals surface area contributed by atoms with Crippen molar-refractivity contribution in [3.63, 3.8) is 0 Å². The molecule has 2 aromatic rings. The van der Waals surface area contributed by atoms with E-state index in [1.165, 1.54) is 6.07 Å². The molecule has 0 N–H and O–H groups in total. The van der Waals surface area contributed by atoms with E-state index in [0.29, 0.717) is 12.0 Å². The first-order chi connectivity index (χ1) is 9.13. The van der Waals surface area contributed by atoms with Crippen molar-refractivity contribution in [2.75, 3.05) is 0 Å². The number of halogens is 1. The molecule has 3 nitrogen and oxygen atoms in total. The van der Waals surface area contributed by atoms with Crippen molar-refractivity contribution in [1.29, 1.82) is 0 Å². The van der Waals surface area contributed by atoms with Crippen molar-refractivity contribution in [2.24, 2.45) is 0 Å². The molecule has 0 saturated heterocycles. The van der Waals surface area contributed by atoms with Gasteiger partial charge < -0.3 is 0 Å². The molecule has 0 aliphatic heterocycles. The molecule has 0 aliphatic carbocycles. The van der Waals surface area contributed by atoms with Gasteiger partial charge in [-0.3, -0.25) is 10.1 Å². The van der Waals surface area contributed by atoms with E-state index in [4.69, 9.17) is 6.42 Å². The monoisotopic (exact) mass is 315 g/mol. The molecule has 0 bridgehead atoms. The molecule has 0 aromatic heterocycles. The van der Waals surface area contributed by atoms with Crippen LogP contribution in [0.2, 0.25) is 0 Å². The molecular formula is C15H10BrNO2. The Morgan fingerprint density at radius 3 is 2.68 bits per heavy atom. The summed E-state index contributed by atoms with van der Waals surface area (Å²) in [7, 11) is 0. The standard InChI is InChI=1S/C15H10BrNO2/c1-2-5-12-10-11(8-9-14(12)16)13-6-3-4-7-15(13)17(18)19/h1,3-4,6-10H,5H2. The largest absolute Gasteiger partial charge is 0.277 e. The van der Waals surface area contributed by atoms with E-state index in [1.54, 1.807) is 18.2 Å².